The third kappa shape index (κ3) is 5.60. The monoisotopic (exact) mass is 491 g/mol. The number of ether oxygens (including phenoxy) is 1. The number of nitrogens with zero attached hydrogens (tertiary/aromatic N) is 4. The van der Waals surface area contributed by atoms with Crippen LogP contribution in [0.15, 0.2) is 34.7 Å². The van der Waals surface area contributed by atoms with Crippen molar-refractivity contribution in [3.05, 3.63) is 40.6 Å². The number of aryl methyl sites for hydroxylation is 2. The Kier molecular flexibility index (Phi) is 7.74. The first-order chi connectivity index (χ1) is 16.0. The minimum absolute atomic E-state index is 0.0303. The topological polar surface area (TPSA) is 106 Å². The minimum Gasteiger partial charge on any atom is -0.379 e. The molecule has 9 nitrogen and oxygen atoms in total. The van der Waals surface area contributed by atoms with Gasteiger partial charge in [0.05, 0.1) is 34.2 Å². The molecule has 0 saturated carbocycles. The second kappa shape index (κ2) is 10.7. The lowest BCUT2D eigenvalue weighted by Gasteiger charge is -2.26. The maximum absolute atomic E-state index is 13.0. The number of thiazole rings is 1. The van der Waals surface area contributed by atoms with Gasteiger partial charge in [0.15, 0.2) is 0 Å². The number of carbonyl (C=O) groups excluding carboxylic acids is 1. The molecule has 178 valence electrons. The maximum Gasteiger partial charge on any atom is 0.243 e. The van der Waals surface area contributed by atoms with Crippen molar-refractivity contribution in [1.29, 1.82) is 0 Å². The van der Waals surface area contributed by atoms with Crippen LogP contribution in [0.3, 0.4) is 0 Å². The molecule has 1 aliphatic rings. The Morgan fingerprint density at radius 1 is 1.24 bits per heavy atom. The molecule has 0 radical (unpaired) electrons. The van der Waals surface area contributed by atoms with E-state index in [0.29, 0.717) is 51.2 Å². The second-order valence-electron chi connectivity index (χ2n) is 7.87. The lowest BCUT2D eigenvalue weighted by atomic mass is 10.2. The van der Waals surface area contributed by atoms with Crippen molar-refractivity contribution >= 4 is 38.3 Å². The molecule has 0 unspecified atom stereocenters. The molecule has 0 bridgehead atoms. The van der Waals surface area contributed by atoms with Crippen molar-refractivity contribution in [2.24, 2.45) is 0 Å². The molecule has 1 N–H and O–H groups in total. The van der Waals surface area contributed by atoms with E-state index in [9.17, 15) is 13.2 Å². The Labute approximate surface area is 197 Å². The van der Waals surface area contributed by atoms with Crippen molar-refractivity contribution in [1.82, 2.24) is 24.2 Å². The van der Waals surface area contributed by atoms with Crippen LogP contribution in [-0.2, 0) is 38.9 Å². The average Bonchev–Trinajstić information content (AvgIpc) is 3.46. The number of amides is 1. The van der Waals surface area contributed by atoms with Gasteiger partial charge in [-0.3, -0.25) is 4.79 Å². The normalized spacial score (nSPS) is 15.2. The molecule has 1 saturated heterocycles. The van der Waals surface area contributed by atoms with Crippen LogP contribution in [0.4, 0.5) is 0 Å². The van der Waals surface area contributed by atoms with Gasteiger partial charge in [0.2, 0.25) is 15.9 Å². The standard InChI is InChI=1S/C22H29N5O4S2/c1-2-10-27-19-4-3-17(33(29,30)26-11-13-31-14-12-26)16-18(19)25-20(27)5-6-21(28)23-8-7-22-24-9-15-32-22/h3-4,9,15-16H,2,5-8,10-14H2,1H3,(H,23,28). The molecule has 4 rings (SSSR count). The Bertz CT molecular complexity index is 1190. The Morgan fingerprint density at radius 2 is 2.06 bits per heavy atom. The van der Waals surface area contributed by atoms with Gasteiger partial charge in [-0.1, -0.05) is 6.92 Å². The Balaban J connectivity index is 1.46. The predicted molar refractivity (Wildman–Crippen MR) is 127 cm³/mol. The van der Waals surface area contributed by atoms with E-state index in [0.717, 1.165) is 35.7 Å². The van der Waals surface area contributed by atoms with Crippen LogP contribution in [0, 0.1) is 0 Å². The average molecular weight is 492 g/mol. The number of benzene rings is 1. The lowest BCUT2D eigenvalue weighted by Crippen LogP contribution is -2.40. The zero-order valence-electron chi connectivity index (χ0n) is 18.7. The molecule has 3 aromatic rings. The fourth-order valence-corrected chi connectivity index (χ4v) is 5.97. The number of hydrogen-bond donors (Lipinski definition) is 1. The van der Waals surface area contributed by atoms with E-state index in [1.807, 2.05) is 11.4 Å². The van der Waals surface area contributed by atoms with Crippen LogP contribution >= 0.6 is 11.3 Å². The van der Waals surface area contributed by atoms with E-state index in [1.54, 1.807) is 29.7 Å². The number of aromatic nitrogens is 3. The molecule has 33 heavy (non-hydrogen) atoms. The zero-order chi connectivity index (χ0) is 23.3. The van der Waals surface area contributed by atoms with Crippen molar-refractivity contribution in [2.75, 3.05) is 32.8 Å². The van der Waals surface area contributed by atoms with Gasteiger partial charge in [-0.15, -0.1) is 11.3 Å². The molecule has 1 fully saturated rings. The van der Waals surface area contributed by atoms with Crippen LogP contribution < -0.4 is 5.32 Å². The molecule has 0 spiro atoms. The predicted octanol–water partition coefficient (Wildman–Crippen LogP) is 2.22. The quantitative estimate of drug-likeness (QED) is 0.466. The molecular weight excluding hydrogens is 462 g/mol. The van der Waals surface area contributed by atoms with Crippen molar-refractivity contribution in [2.45, 2.75) is 44.0 Å². The second-order valence-corrected chi connectivity index (χ2v) is 10.8. The summed E-state index contributed by atoms with van der Waals surface area (Å²) in [4.78, 5) is 21.5. The summed E-state index contributed by atoms with van der Waals surface area (Å²) in [5.74, 6) is 0.764. The number of imidazole rings is 1. The van der Waals surface area contributed by atoms with Gasteiger partial charge in [0.1, 0.15) is 5.82 Å². The molecule has 11 heteroatoms. The summed E-state index contributed by atoms with van der Waals surface area (Å²) >= 11 is 1.58. The van der Waals surface area contributed by atoms with E-state index >= 15 is 0 Å². The van der Waals surface area contributed by atoms with E-state index in [4.69, 9.17) is 9.72 Å². The molecule has 0 aliphatic carbocycles. The summed E-state index contributed by atoms with van der Waals surface area (Å²) < 4.78 is 34.9. The molecule has 2 aromatic heterocycles. The highest BCUT2D eigenvalue weighted by atomic mass is 32.2. The molecular formula is C22H29N5O4S2. The molecule has 1 aliphatic heterocycles. The van der Waals surface area contributed by atoms with Gasteiger partial charge >= 0.3 is 0 Å². The highest BCUT2D eigenvalue weighted by Gasteiger charge is 2.27. The fourth-order valence-electron chi connectivity index (χ4n) is 3.92. The number of hydrogen-bond acceptors (Lipinski definition) is 7. The fraction of sp³-hybridized carbons (Fsp3) is 0.500. The SMILES string of the molecule is CCCn1c(CCC(=O)NCCc2nccs2)nc2cc(S(=O)(=O)N3CCOCC3)ccc21. The van der Waals surface area contributed by atoms with Crippen LogP contribution in [0.25, 0.3) is 11.0 Å². The smallest absolute Gasteiger partial charge is 0.243 e. The highest BCUT2D eigenvalue weighted by molar-refractivity contribution is 7.89. The first-order valence-corrected chi connectivity index (χ1v) is 13.5. The van der Waals surface area contributed by atoms with E-state index in [1.165, 1.54) is 4.31 Å². The van der Waals surface area contributed by atoms with E-state index < -0.39 is 10.0 Å². The largest absolute Gasteiger partial charge is 0.379 e. The van der Waals surface area contributed by atoms with Gasteiger partial charge in [-0.25, -0.2) is 18.4 Å². The van der Waals surface area contributed by atoms with Gasteiger partial charge in [0, 0.05) is 57.0 Å². The summed E-state index contributed by atoms with van der Waals surface area (Å²) in [5, 5.41) is 5.86. The first kappa shape index (κ1) is 23.8. The third-order valence-electron chi connectivity index (χ3n) is 5.57. The van der Waals surface area contributed by atoms with Crippen molar-refractivity contribution in [3.63, 3.8) is 0 Å². The molecule has 0 atom stereocenters. The minimum atomic E-state index is -3.59. The number of fused-ring (bicyclic) bond motifs is 1. The van der Waals surface area contributed by atoms with Gasteiger partial charge in [-0.2, -0.15) is 4.31 Å². The van der Waals surface area contributed by atoms with Crippen LogP contribution in [0.1, 0.15) is 30.6 Å². The van der Waals surface area contributed by atoms with E-state index in [2.05, 4.69) is 21.8 Å². The molecule has 3 heterocycles. The number of carbonyl (C=O) groups is 1. The van der Waals surface area contributed by atoms with Crippen molar-refractivity contribution < 1.29 is 17.9 Å². The van der Waals surface area contributed by atoms with E-state index in [-0.39, 0.29) is 10.8 Å². The van der Waals surface area contributed by atoms with Gasteiger partial charge in [-0.05, 0) is 24.6 Å². The number of nitrogens with one attached hydrogen (secondary N) is 1. The molecule has 1 aromatic carbocycles. The summed E-state index contributed by atoms with van der Waals surface area (Å²) in [7, 11) is -3.59. The summed E-state index contributed by atoms with van der Waals surface area (Å²) in [5.41, 5.74) is 1.52. The maximum atomic E-state index is 13.0. The number of sulfonamides is 1. The Hall–Kier alpha value is -2.34. The summed E-state index contributed by atoms with van der Waals surface area (Å²) in [6, 6.07) is 5.11. The van der Waals surface area contributed by atoms with Gasteiger partial charge < -0.3 is 14.6 Å². The van der Waals surface area contributed by atoms with Crippen LogP contribution in [0.2, 0.25) is 0 Å². The molecule has 1 amide bonds. The van der Waals surface area contributed by atoms with Crippen LogP contribution in [0.5, 0.6) is 0 Å². The van der Waals surface area contributed by atoms with Crippen LogP contribution in [-0.4, -0.2) is 66.0 Å². The number of morpholine rings is 1. The summed E-state index contributed by atoms with van der Waals surface area (Å²) in [6.45, 7) is 4.91. The zero-order valence-corrected chi connectivity index (χ0v) is 20.3. The lowest BCUT2D eigenvalue weighted by molar-refractivity contribution is -0.121. The summed E-state index contributed by atoms with van der Waals surface area (Å²) in [6.07, 6.45) is 4.20. The number of rotatable bonds is 10. The Morgan fingerprint density at radius 3 is 2.79 bits per heavy atom. The first-order valence-electron chi connectivity index (χ1n) is 11.2. The third-order valence-corrected chi connectivity index (χ3v) is 8.31. The van der Waals surface area contributed by atoms with Gasteiger partial charge in [0.25, 0.3) is 0 Å². The van der Waals surface area contributed by atoms with Crippen molar-refractivity contribution in [3.8, 4) is 0 Å². The highest BCUT2D eigenvalue weighted by Crippen LogP contribution is 2.24.